The molecule has 8 N–H and O–H groups in total. The highest BCUT2D eigenvalue weighted by Crippen LogP contribution is 2.30. The van der Waals surface area contributed by atoms with Crippen molar-refractivity contribution in [3.05, 3.63) is 0 Å². The number of hydrogen-bond donors (Lipinski definition) is 7. The van der Waals surface area contributed by atoms with Crippen LogP contribution in [0, 0.1) is 11.3 Å². The van der Waals surface area contributed by atoms with E-state index in [1.165, 1.54) is 6.92 Å². The Morgan fingerprint density at radius 2 is 1.73 bits per heavy atom. The zero-order valence-electron chi connectivity index (χ0n) is 15.2. The fourth-order valence-electron chi connectivity index (χ4n) is 3.08. The van der Waals surface area contributed by atoms with Crippen molar-refractivity contribution in [1.29, 1.82) is 5.41 Å². The van der Waals surface area contributed by atoms with Gasteiger partial charge in [-0.05, 0) is 26.7 Å². The molecule has 0 aromatic rings. The van der Waals surface area contributed by atoms with Crippen molar-refractivity contribution in [3.63, 3.8) is 0 Å². The fourth-order valence-corrected chi connectivity index (χ4v) is 3.08. The number of aliphatic hydroxyl groups excluding tert-OH is 1. The molecule has 26 heavy (non-hydrogen) atoms. The second-order valence-electron chi connectivity index (χ2n) is 5.92. The minimum atomic E-state index is -1.83. The van der Waals surface area contributed by atoms with Crippen LogP contribution in [0.3, 0.4) is 0 Å². The van der Waals surface area contributed by atoms with Crippen molar-refractivity contribution in [2.45, 2.75) is 51.8 Å². The average Bonchev–Trinajstić information content (AvgIpc) is 2.84. The van der Waals surface area contributed by atoms with Crippen LogP contribution in [0.5, 0.6) is 0 Å². The normalized spacial score (nSPS) is 22.4. The van der Waals surface area contributed by atoms with Gasteiger partial charge in [0.15, 0.2) is 5.96 Å². The van der Waals surface area contributed by atoms with Gasteiger partial charge in [0.2, 0.25) is 11.8 Å². The number of carbonyl (C=O) groups excluding carboxylic acids is 2. The first-order valence-corrected chi connectivity index (χ1v) is 8.29. The third kappa shape index (κ3) is 8.01. The monoisotopic (exact) mass is 375 g/mol. The molecule has 0 aliphatic heterocycles. The third-order valence-electron chi connectivity index (χ3n) is 4.06. The smallest absolute Gasteiger partial charge is 0.450 e. The van der Waals surface area contributed by atoms with Gasteiger partial charge in [-0.2, -0.15) is 0 Å². The van der Waals surface area contributed by atoms with E-state index in [0.717, 1.165) is 0 Å². The van der Waals surface area contributed by atoms with Crippen LogP contribution in [0.1, 0.15) is 33.6 Å². The first kappa shape index (κ1) is 23.4. The van der Waals surface area contributed by atoms with E-state index in [-0.39, 0.29) is 29.7 Å². The van der Waals surface area contributed by atoms with Crippen molar-refractivity contribution in [1.82, 2.24) is 15.5 Å². The predicted octanol–water partition coefficient (Wildman–Crippen LogP) is -0.796. The van der Waals surface area contributed by atoms with Crippen molar-refractivity contribution in [2.75, 3.05) is 13.1 Å². The number of likely N-dealkylation sites (N-methyl/N-ethyl adjacent to an activating group) is 1. The zero-order valence-corrected chi connectivity index (χ0v) is 15.2. The van der Waals surface area contributed by atoms with E-state index in [9.17, 15) is 14.7 Å². The molecule has 1 fully saturated rings. The van der Waals surface area contributed by atoms with E-state index >= 15 is 0 Å². The molecule has 2 amide bonds. The van der Waals surface area contributed by atoms with Gasteiger partial charge in [-0.3, -0.25) is 15.0 Å². The van der Waals surface area contributed by atoms with E-state index in [0.29, 0.717) is 25.9 Å². The van der Waals surface area contributed by atoms with Crippen molar-refractivity contribution >= 4 is 23.9 Å². The number of amides is 2. The second kappa shape index (κ2) is 11.1. The Bertz CT molecular complexity index is 507. The van der Waals surface area contributed by atoms with Crippen LogP contribution in [0.15, 0.2) is 0 Å². The Hall–Kier alpha value is -2.56. The quantitative estimate of drug-likeness (QED) is 0.232. The Balaban J connectivity index is 0.00000141. The summed E-state index contributed by atoms with van der Waals surface area (Å²) >= 11 is 0. The lowest BCUT2D eigenvalue weighted by atomic mass is 9.92. The van der Waals surface area contributed by atoms with Gasteiger partial charge in [-0.25, -0.2) is 4.79 Å². The summed E-state index contributed by atoms with van der Waals surface area (Å²) in [7, 11) is 0. The van der Waals surface area contributed by atoms with Gasteiger partial charge in [0.1, 0.15) is 6.04 Å². The summed E-state index contributed by atoms with van der Waals surface area (Å²) < 4.78 is 0. The summed E-state index contributed by atoms with van der Waals surface area (Å²) in [4.78, 5) is 34.4. The SMILES string of the molecule is CCN(CC)C(=O)C(NC(C)=O)[C@H]1C[C@@H](O)C[C@@H]1NC(=N)N.O=C(O)O. The Kier molecular flexibility index (Phi) is 10.0. The van der Waals surface area contributed by atoms with Gasteiger partial charge in [-0.15, -0.1) is 0 Å². The van der Waals surface area contributed by atoms with Crippen LogP contribution in [0.2, 0.25) is 0 Å². The number of nitrogens with one attached hydrogen (secondary N) is 3. The molecule has 0 saturated heterocycles. The average molecular weight is 375 g/mol. The van der Waals surface area contributed by atoms with Crippen LogP contribution >= 0.6 is 0 Å². The van der Waals surface area contributed by atoms with Crippen LogP contribution in [0.4, 0.5) is 4.79 Å². The van der Waals surface area contributed by atoms with Gasteiger partial charge in [-0.1, -0.05) is 0 Å². The Labute approximate surface area is 152 Å². The molecule has 150 valence electrons. The molecule has 4 atom stereocenters. The van der Waals surface area contributed by atoms with Gasteiger partial charge in [0.05, 0.1) is 6.10 Å². The largest absolute Gasteiger partial charge is 0.503 e. The topological polar surface area (TPSA) is 189 Å². The minimum Gasteiger partial charge on any atom is -0.450 e. The van der Waals surface area contributed by atoms with Crippen LogP contribution in [-0.2, 0) is 9.59 Å². The van der Waals surface area contributed by atoms with Crippen molar-refractivity contribution in [2.24, 2.45) is 11.7 Å². The summed E-state index contributed by atoms with van der Waals surface area (Å²) in [5, 5.41) is 36.7. The van der Waals surface area contributed by atoms with E-state index in [1.807, 2.05) is 13.8 Å². The minimum absolute atomic E-state index is 0.172. The molecule has 0 aromatic heterocycles. The maximum Gasteiger partial charge on any atom is 0.503 e. The lowest BCUT2D eigenvalue weighted by Crippen LogP contribution is -2.56. The summed E-state index contributed by atoms with van der Waals surface area (Å²) in [6.07, 6.45) is -1.64. The molecule has 1 rings (SSSR count). The first-order chi connectivity index (χ1) is 12.0. The van der Waals surface area contributed by atoms with Crippen LogP contribution < -0.4 is 16.4 Å². The van der Waals surface area contributed by atoms with E-state index in [2.05, 4.69) is 10.6 Å². The molecule has 1 aliphatic carbocycles. The van der Waals surface area contributed by atoms with E-state index < -0.39 is 18.3 Å². The first-order valence-electron chi connectivity index (χ1n) is 8.29. The second-order valence-corrected chi connectivity index (χ2v) is 5.92. The maximum atomic E-state index is 12.7. The maximum absolute atomic E-state index is 12.7. The summed E-state index contributed by atoms with van der Waals surface area (Å²) in [5.41, 5.74) is 5.38. The number of hydrogen-bond acceptors (Lipinski definition) is 5. The third-order valence-corrected chi connectivity index (χ3v) is 4.06. The number of nitrogens with zero attached hydrogens (tertiary/aromatic N) is 1. The fraction of sp³-hybridized carbons (Fsp3) is 0.733. The molecule has 1 unspecified atom stereocenters. The summed E-state index contributed by atoms with van der Waals surface area (Å²) in [6, 6.07) is -1.05. The highest BCUT2D eigenvalue weighted by molar-refractivity contribution is 5.87. The number of carbonyl (C=O) groups is 3. The van der Waals surface area contributed by atoms with Gasteiger partial charge >= 0.3 is 6.16 Å². The predicted molar refractivity (Wildman–Crippen MR) is 93.8 cm³/mol. The molecule has 1 saturated carbocycles. The molecule has 1 aliphatic rings. The summed E-state index contributed by atoms with van der Waals surface area (Å²) in [5.74, 6) is -0.986. The zero-order chi connectivity index (χ0) is 20.4. The molecule has 0 heterocycles. The van der Waals surface area contributed by atoms with Gasteiger partial charge in [0, 0.05) is 32.0 Å². The standard InChI is InChI=1S/C14H27N5O3.CH2O3/c1-4-19(5-2)13(22)12(17-8(3)20)10-6-9(21)7-11(10)18-14(15)16;2-1(3)4/h9-12,21H,4-7H2,1-3H3,(H,17,20)(H4,15,16,18);(H2,2,3,4)/t9-,10+,11+,12?;/m1./s1. The highest BCUT2D eigenvalue weighted by Gasteiger charge is 2.43. The number of rotatable bonds is 6. The van der Waals surface area contributed by atoms with Crippen LogP contribution in [0.25, 0.3) is 0 Å². The molecular formula is C15H29N5O6. The van der Waals surface area contributed by atoms with Crippen molar-refractivity contribution < 1.29 is 29.7 Å². The molecule has 0 aromatic carbocycles. The van der Waals surface area contributed by atoms with Gasteiger partial charge in [0.25, 0.3) is 0 Å². The molecule has 0 bridgehead atoms. The van der Waals surface area contributed by atoms with Crippen molar-refractivity contribution in [3.8, 4) is 0 Å². The Morgan fingerprint density at radius 1 is 1.23 bits per heavy atom. The molecule has 11 heteroatoms. The number of aliphatic hydroxyl groups is 1. The number of guanidine groups is 1. The lowest BCUT2D eigenvalue weighted by molar-refractivity contribution is -0.137. The van der Waals surface area contributed by atoms with E-state index in [4.69, 9.17) is 26.2 Å². The van der Waals surface area contributed by atoms with Gasteiger partial charge < -0.3 is 36.6 Å². The highest BCUT2D eigenvalue weighted by atomic mass is 16.6. The number of carboxylic acid groups (broad SMARTS) is 2. The van der Waals surface area contributed by atoms with E-state index in [1.54, 1.807) is 4.90 Å². The summed E-state index contributed by atoms with van der Waals surface area (Å²) in [6.45, 7) is 6.21. The lowest BCUT2D eigenvalue weighted by Gasteiger charge is -2.32. The van der Waals surface area contributed by atoms with Crippen LogP contribution in [-0.4, -0.2) is 75.4 Å². The molecule has 0 spiro atoms. The number of nitrogens with two attached hydrogens (primary N) is 1. The molecular weight excluding hydrogens is 346 g/mol. The molecule has 0 radical (unpaired) electrons. The molecule has 11 nitrogen and oxygen atoms in total. The Morgan fingerprint density at radius 3 is 2.12 bits per heavy atom.